The lowest BCUT2D eigenvalue weighted by Crippen LogP contribution is -2.44. The second-order valence-electron chi connectivity index (χ2n) is 7.78. The van der Waals surface area contributed by atoms with Crippen LogP contribution in [0.1, 0.15) is 50.3 Å². The molecule has 164 valence electrons. The van der Waals surface area contributed by atoms with E-state index in [2.05, 4.69) is 5.16 Å². The van der Waals surface area contributed by atoms with Gasteiger partial charge in [0.15, 0.2) is 17.3 Å². The highest BCUT2D eigenvalue weighted by molar-refractivity contribution is 7.86. The fraction of sp³-hybridized carbons (Fsp3) is 0.571. The van der Waals surface area contributed by atoms with E-state index in [-0.39, 0.29) is 6.04 Å². The molecule has 0 N–H and O–H groups in total. The second kappa shape index (κ2) is 8.95. The molecular weight excluding hydrogens is 406 g/mol. The lowest BCUT2D eigenvalue weighted by atomic mass is 10.1. The van der Waals surface area contributed by atoms with E-state index < -0.39 is 10.2 Å². The summed E-state index contributed by atoms with van der Waals surface area (Å²) in [4.78, 5) is 0. The van der Waals surface area contributed by atoms with Crippen LogP contribution in [0.25, 0.3) is 11.3 Å². The Hall–Kier alpha value is -2.10. The van der Waals surface area contributed by atoms with Crippen LogP contribution in [0.3, 0.4) is 0 Å². The Kier molecular flexibility index (Phi) is 6.31. The molecule has 2 saturated heterocycles. The molecule has 0 amide bonds. The van der Waals surface area contributed by atoms with E-state index in [0.29, 0.717) is 42.6 Å². The average molecular weight is 436 g/mol. The molecule has 2 fully saturated rings. The number of methoxy groups -OCH3 is 2. The van der Waals surface area contributed by atoms with Gasteiger partial charge in [-0.15, -0.1) is 0 Å². The summed E-state index contributed by atoms with van der Waals surface area (Å²) in [5.41, 5.74) is 1.46. The van der Waals surface area contributed by atoms with Crippen molar-refractivity contribution in [2.24, 2.45) is 0 Å². The Bertz CT molecular complexity index is 969. The highest BCUT2D eigenvalue weighted by Gasteiger charge is 2.38. The molecule has 8 nitrogen and oxygen atoms in total. The molecule has 0 spiro atoms. The highest BCUT2D eigenvalue weighted by atomic mass is 32.2. The SMILES string of the molecule is COc1ccc(-c2cc([C@@H]3CCCCCN3S(=O)(=O)N3CCCC3)no2)cc1OC. The van der Waals surface area contributed by atoms with Crippen molar-refractivity contribution in [3.8, 4) is 22.8 Å². The summed E-state index contributed by atoms with van der Waals surface area (Å²) in [5.74, 6) is 1.81. The van der Waals surface area contributed by atoms with Crippen molar-refractivity contribution in [2.45, 2.75) is 44.6 Å². The fourth-order valence-electron chi connectivity index (χ4n) is 4.29. The predicted octanol–water partition coefficient (Wildman–Crippen LogP) is 3.62. The number of hydrogen-bond donors (Lipinski definition) is 0. The summed E-state index contributed by atoms with van der Waals surface area (Å²) in [6.07, 6.45) is 5.43. The second-order valence-corrected chi connectivity index (χ2v) is 9.66. The molecule has 1 aromatic carbocycles. The average Bonchev–Trinajstić information content (AvgIpc) is 3.42. The Morgan fingerprint density at radius 3 is 2.43 bits per heavy atom. The van der Waals surface area contributed by atoms with Crippen LogP contribution in [0.15, 0.2) is 28.8 Å². The van der Waals surface area contributed by atoms with E-state index in [9.17, 15) is 8.42 Å². The molecule has 0 bridgehead atoms. The zero-order valence-corrected chi connectivity index (χ0v) is 18.4. The van der Waals surface area contributed by atoms with Gasteiger partial charge in [-0.25, -0.2) is 0 Å². The molecule has 0 radical (unpaired) electrons. The minimum absolute atomic E-state index is 0.309. The van der Waals surface area contributed by atoms with Gasteiger partial charge in [0.2, 0.25) is 0 Å². The number of nitrogens with zero attached hydrogens (tertiary/aromatic N) is 3. The van der Waals surface area contributed by atoms with Crippen LogP contribution in [-0.4, -0.2) is 56.0 Å². The summed E-state index contributed by atoms with van der Waals surface area (Å²) in [7, 11) is -0.337. The number of rotatable bonds is 6. The molecule has 1 aromatic heterocycles. The highest BCUT2D eigenvalue weighted by Crippen LogP contribution is 2.37. The molecule has 0 unspecified atom stereocenters. The van der Waals surface area contributed by atoms with Crippen LogP contribution >= 0.6 is 0 Å². The van der Waals surface area contributed by atoms with Crippen LogP contribution in [0.5, 0.6) is 11.5 Å². The first-order valence-electron chi connectivity index (χ1n) is 10.5. The maximum atomic E-state index is 13.3. The molecule has 2 aliphatic rings. The lowest BCUT2D eigenvalue weighted by molar-refractivity contribution is 0.285. The van der Waals surface area contributed by atoms with Gasteiger partial charge in [0.25, 0.3) is 10.2 Å². The minimum atomic E-state index is -3.51. The van der Waals surface area contributed by atoms with Crippen molar-refractivity contribution >= 4 is 10.2 Å². The Morgan fingerprint density at radius 2 is 1.70 bits per heavy atom. The van der Waals surface area contributed by atoms with Crippen molar-refractivity contribution in [1.82, 2.24) is 13.8 Å². The van der Waals surface area contributed by atoms with Gasteiger partial charge in [-0.05, 0) is 43.9 Å². The molecule has 0 aliphatic carbocycles. The van der Waals surface area contributed by atoms with Crippen molar-refractivity contribution in [3.05, 3.63) is 30.0 Å². The quantitative estimate of drug-likeness (QED) is 0.689. The van der Waals surface area contributed by atoms with Crippen molar-refractivity contribution in [1.29, 1.82) is 0 Å². The topological polar surface area (TPSA) is 85.1 Å². The van der Waals surface area contributed by atoms with E-state index in [0.717, 1.165) is 44.1 Å². The molecule has 2 aromatic rings. The minimum Gasteiger partial charge on any atom is -0.493 e. The van der Waals surface area contributed by atoms with E-state index in [1.807, 2.05) is 24.3 Å². The fourth-order valence-corrected chi connectivity index (χ4v) is 6.20. The normalized spacial score (nSPS) is 21.5. The first-order valence-corrected chi connectivity index (χ1v) is 11.9. The number of benzene rings is 1. The largest absolute Gasteiger partial charge is 0.493 e. The first-order chi connectivity index (χ1) is 14.5. The summed E-state index contributed by atoms with van der Waals surface area (Å²) >= 11 is 0. The Morgan fingerprint density at radius 1 is 0.967 bits per heavy atom. The van der Waals surface area contributed by atoms with E-state index in [4.69, 9.17) is 14.0 Å². The van der Waals surface area contributed by atoms with E-state index in [1.54, 1.807) is 22.8 Å². The summed E-state index contributed by atoms with van der Waals surface area (Å²) in [6, 6.07) is 7.05. The first kappa shape index (κ1) is 21.1. The molecule has 3 heterocycles. The lowest BCUT2D eigenvalue weighted by Gasteiger charge is -2.31. The molecule has 2 aliphatic heterocycles. The van der Waals surface area contributed by atoms with Gasteiger partial charge in [0.1, 0.15) is 5.69 Å². The monoisotopic (exact) mass is 435 g/mol. The summed E-state index contributed by atoms with van der Waals surface area (Å²) < 4.78 is 46.2. The van der Waals surface area contributed by atoms with Gasteiger partial charge >= 0.3 is 0 Å². The van der Waals surface area contributed by atoms with Gasteiger partial charge in [0, 0.05) is 31.3 Å². The third kappa shape index (κ3) is 4.06. The van der Waals surface area contributed by atoms with Crippen LogP contribution in [0, 0.1) is 0 Å². The van der Waals surface area contributed by atoms with Crippen molar-refractivity contribution in [2.75, 3.05) is 33.9 Å². The molecule has 9 heteroatoms. The summed E-state index contributed by atoms with van der Waals surface area (Å²) in [6.45, 7) is 1.71. The number of hydrogen-bond acceptors (Lipinski definition) is 6. The molecular formula is C21H29N3O5S. The van der Waals surface area contributed by atoms with Crippen LogP contribution in [-0.2, 0) is 10.2 Å². The zero-order chi connectivity index (χ0) is 21.1. The van der Waals surface area contributed by atoms with Crippen LogP contribution < -0.4 is 9.47 Å². The standard InChI is InChI=1S/C21H29N3O5S/c1-27-19-10-9-16(14-21(19)28-2)20-15-17(22-29-20)18-8-4-3-5-13-24(18)30(25,26)23-11-6-7-12-23/h9-10,14-15,18H,3-8,11-13H2,1-2H3/t18-/m0/s1. The molecule has 0 saturated carbocycles. The van der Waals surface area contributed by atoms with Gasteiger partial charge in [0.05, 0.1) is 20.3 Å². The number of aromatic nitrogens is 1. The van der Waals surface area contributed by atoms with Crippen LogP contribution in [0.2, 0.25) is 0 Å². The van der Waals surface area contributed by atoms with Crippen molar-refractivity contribution in [3.63, 3.8) is 0 Å². The zero-order valence-electron chi connectivity index (χ0n) is 17.5. The van der Waals surface area contributed by atoms with E-state index >= 15 is 0 Å². The van der Waals surface area contributed by atoms with Gasteiger partial charge in [-0.3, -0.25) is 0 Å². The Balaban J connectivity index is 1.64. The van der Waals surface area contributed by atoms with E-state index in [1.165, 1.54) is 0 Å². The number of ether oxygens (including phenoxy) is 2. The third-order valence-corrected chi connectivity index (χ3v) is 7.98. The van der Waals surface area contributed by atoms with Crippen molar-refractivity contribution < 1.29 is 22.4 Å². The predicted molar refractivity (Wildman–Crippen MR) is 113 cm³/mol. The Labute approximate surface area is 177 Å². The maximum absolute atomic E-state index is 13.3. The molecule has 4 rings (SSSR count). The van der Waals surface area contributed by atoms with Crippen LogP contribution in [0.4, 0.5) is 0 Å². The van der Waals surface area contributed by atoms with Gasteiger partial charge < -0.3 is 14.0 Å². The summed E-state index contributed by atoms with van der Waals surface area (Å²) in [5, 5.41) is 4.27. The smallest absolute Gasteiger partial charge is 0.282 e. The third-order valence-electron chi connectivity index (χ3n) is 5.93. The maximum Gasteiger partial charge on any atom is 0.282 e. The molecule has 1 atom stereocenters. The van der Waals surface area contributed by atoms with Gasteiger partial charge in [-0.1, -0.05) is 18.0 Å². The van der Waals surface area contributed by atoms with Gasteiger partial charge in [-0.2, -0.15) is 17.0 Å². The molecule has 30 heavy (non-hydrogen) atoms.